The van der Waals surface area contributed by atoms with E-state index in [0.717, 1.165) is 17.4 Å². The Morgan fingerprint density at radius 2 is 1.63 bits per heavy atom. The number of hydrogen-bond acceptors (Lipinski definition) is 3. The number of rotatable bonds is 2. The topological polar surface area (TPSA) is 44.0 Å². The van der Waals surface area contributed by atoms with Crippen LogP contribution in [0.3, 0.4) is 0 Å². The monoisotopic (exact) mass is 410 g/mol. The first-order valence-corrected chi connectivity index (χ1v) is 12.6. The fourth-order valence-electron chi connectivity index (χ4n) is 5.85. The van der Waals surface area contributed by atoms with Crippen LogP contribution in [0.15, 0.2) is 24.4 Å². The lowest BCUT2D eigenvalue weighted by molar-refractivity contribution is 0.227. The molecule has 166 valence electrons. The zero-order chi connectivity index (χ0) is 20.6. The van der Waals surface area contributed by atoms with Crippen LogP contribution in [-0.2, 0) is 0 Å². The van der Waals surface area contributed by atoms with Gasteiger partial charge >= 0.3 is 0 Å². The van der Waals surface area contributed by atoms with Crippen molar-refractivity contribution in [1.82, 2.24) is 15.1 Å². The number of fused-ring (bicyclic) bond motifs is 3. The maximum absolute atomic E-state index is 4.18. The molecule has 4 nitrogen and oxygen atoms in total. The summed E-state index contributed by atoms with van der Waals surface area (Å²) in [7, 11) is 2.31. The lowest BCUT2D eigenvalue weighted by Crippen LogP contribution is -2.26. The summed E-state index contributed by atoms with van der Waals surface area (Å²) >= 11 is 0. The quantitative estimate of drug-likeness (QED) is 0.586. The summed E-state index contributed by atoms with van der Waals surface area (Å²) in [5.74, 6) is 1.90. The molecule has 1 aromatic carbocycles. The normalized spacial score (nSPS) is 28.4. The predicted octanol–water partition coefficient (Wildman–Crippen LogP) is 6.61. The average molecular weight is 411 g/mol. The summed E-state index contributed by atoms with van der Waals surface area (Å²) < 4.78 is 0. The van der Waals surface area contributed by atoms with Crippen LogP contribution in [0.25, 0.3) is 10.9 Å². The van der Waals surface area contributed by atoms with Crippen molar-refractivity contribution in [2.24, 2.45) is 11.8 Å². The number of anilines is 1. The molecule has 2 bridgehead atoms. The molecule has 1 saturated heterocycles. The van der Waals surface area contributed by atoms with Crippen molar-refractivity contribution in [3.8, 4) is 0 Å². The van der Waals surface area contributed by atoms with Gasteiger partial charge in [-0.15, -0.1) is 0 Å². The standard InChI is InChI=1S/C26H42N4/c1-30-15-6-2-4-9-21-10-8-11-22(17-21)18-24(12-5-3-7-16-30)28-25-13-14-26-23(19-25)20-27-29-26/h13-14,19-22,24,28H,2-12,15-18H2,1H3,(H,27,29). The third-order valence-electron chi connectivity index (χ3n) is 7.56. The molecule has 1 aliphatic carbocycles. The number of aromatic nitrogens is 2. The molecule has 30 heavy (non-hydrogen) atoms. The first-order valence-electron chi connectivity index (χ1n) is 12.6. The maximum atomic E-state index is 4.18. The van der Waals surface area contributed by atoms with Crippen molar-refractivity contribution in [2.45, 2.75) is 89.5 Å². The van der Waals surface area contributed by atoms with Crippen LogP contribution in [0.2, 0.25) is 0 Å². The van der Waals surface area contributed by atoms with Crippen LogP contribution in [0.4, 0.5) is 5.69 Å². The van der Waals surface area contributed by atoms with E-state index in [1.807, 2.05) is 6.20 Å². The largest absolute Gasteiger partial charge is 0.382 e. The van der Waals surface area contributed by atoms with Gasteiger partial charge in [0.15, 0.2) is 0 Å². The third kappa shape index (κ3) is 6.47. The molecular formula is C26H42N4. The second-order valence-corrected chi connectivity index (χ2v) is 10.1. The Labute approximate surface area is 183 Å². The number of H-pyrrole nitrogens is 1. The van der Waals surface area contributed by atoms with Crippen molar-refractivity contribution >= 4 is 16.6 Å². The summed E-state index contributed by atoms with van der Waals surface area (Å²) in [5.41, 5.74) is 2.38. The summed E-state index contributed by atoms with van der Waals surface area (Å²) in [6.07, 6.45) is 20.2. The molecule has 2 aliphatic rings. The van der Waals surface area contributed by atoms with Gasteiger partial charge in [-0.3, -0.25) is 5.10 Å². The minimum absolute atomic E-state index is 0.601. The van der Waals surface area contributed by atoms with E-state index >= 15 is 0 Å². The molecule has 0 radical (unpaired) electrons. The van der Waals surface area contributed by atoms with Gasteiger partial charge in [-0.05, 0) is 82.3 Å². The zero-order valence-electron chi connectivity index (χ0n) is 19.0. The Hall–Kier alpha value is -1.55. The number of nitrogens with zero attached hydrogens (tertiary/aromatic N) is 2. The molecule has 2 heterocycles. The first-order chi connectivity index (χ1) is 14.8. The SMILES string of the molecule is CN1CCCCCC2CCCC(C2)CC(Nc2ccc3[nH]ncc3c2)CCCCC1. The molecule has 1 saturated carbocycles. The predicted molar refractivity (Wildman–Crippen MR) is 128 cm³/mol. The van der Waals surface area contributed by atoms with Gasteiger partial charge < -0.3 is 10.2 Å². The van der Waals surface area contributed by atoms with E-state index in [4.69, 9.17) is 0 Å². The van der Waals surface area contributed by atoms with Gasteiger partial charge in [0.25, 0.3) is 0 Å². The van der Waals surface area contributed by atoms with Crippen molar-refractivity contribution < 1.29 is 0 Å². The molecule has 1 aliphatic heterocycles. The molecule has 0 amide bonds. The number of nitrogens with one attached hydrogen (secondary N) is 2. The highest BCUT2D eigenvalue weighted by Gasteiger charge is 2.24. The first kappa shape index (κ1) is 21.7. The van der Waals surface area contributed by atoms with Gasteiger partial charge in [0.05, 0.1) is 11.7 Å². The van der Waals surface area contributed by atoms with Crippen LogP contribution in [0, 0.1) is 11.8 Å². The van der Waals surface area contributed by atoms with E-state index in [1.54, 1.807) is 0 Å². The van der Waals surface area contributed by atoms with Crippen molar-refractivity contribution in [3.05, 3.63) is 24.4 Å². The number of hydrogen-bond donors (Lipinski definition) is 2. The Kier molecular flexibility index (Phi) is 8.08. The second kappa shape index (κ2) is 11.2. The highest BCUT2D eigenvalue weighted by molar-refractivity contribution is 5.81. The number of benzene rings is 1. The van der Waals surface area contributed by atoms with Crippen LogP contribution < -0.4 is 5.32 Å². The van der Waals surface area contributed by atoms with E-state index in [2.05, 4.69) is 45.7 Å². The summed E-state index contributed by atoms with van der Waals surface area (Å²) in [6, 6.07) is 7.24. The summed E-state index contributed by atoms with van der Waals surface area (Å²) in [6.45, 7) is 2.55. The van der Waals surface area contributed by atoms with Crippen molar-refractivity contribution in [1.29, 1.82) is 0 Å². The molecule has 4 heteroatoms. The second-order valence-electron chi connectivity index (χ2n) is 10.1. The molecule has 4 rings (SSSR count). The highest BCUT2D eigenvalue weighted by atomic mass is 15.1. The van der Waals surface area contributed by atoms with Crippen LogP contribution in [-0.4, -0.2) is 41.3 Å². The van der Waals surface area contributed by atoms with Gasteiger partial charge in [-0.1, -0.05) is 51.4 Å². The van der Waals surface area contributed by atoms with E-state index in [1.165, 1.54) is 108 Å². The third-order valence-corrected chi connectivity index (χ3v) is 7.56. The van der Waals surface area contributed by atoms with Gasteiger partial charge in [0.2, 0.25) is 0 Å². The molecule has 2 fully saturated rings. The summed E-state index contributed by atoms with van der Waals surface area (Å²) in [4.78, 5) is 2.55. The van der Waals surface area contributed by atoms with Crippen LogP contribution in [0.5, 0.6) is 0 Å². The fraction of sp³-hybridized carbons (Fsp3) is 0.731. The molecule has 1 aromatic heterocycles. The Morgan fingerprint density at radius 3 is 2.50 bits per heavy atom. The Morgan fingerprint density at radius 1 is 0.867 bits per heavy atom. The maximum Gasteiger partial charge on any atom is 0.0651 e. The molecule has 3 unspecified atom stereocenters. The lowest BCUT2D eigenvalue weighted by Gasteiger charge is -2.32. The Balaban J connectivity index is 1.40. The minimum Gasteiger partial charge on any atom is -0.382 e. The average Bonchev–Trinajstić information content (AvgIpc) is 3.21. The van der Waals surface area contributed by atoms with Crippen molar-refractivity contribution in [2.75, 3.05) is 25.5 Å². The van der Waals surface area contributed by atoms with Crippen LogP contribution >= 0.6 is 0 Å². The zero-order valence-corrected chi connectivity index (χ0v) is 19.0. The van der Waals surface area contributed by atoms with E-state index in [0.29, 0.717) is 6.04 Å². The van der Waals surface area contributed by atoms with Gasteiger partial charge in [0.1, 0.15) is 0 Å². The van der Waals surface area contributed by atoms with Gasteiger partial charge in [0, 0.05) is 17.1 Å². The van der Waals surface area contributed by atoms with Crippen LogP contribution in [0.1, 0.15) is 83.5 Å². The number of aromatic amines is 1. The van der Waals surface area contributed by atoms with E-state index in [-0.39, 0.29) is 0 Å². The molecular weight excluding hydrogens is 368 g/mol. The smallest absolute Gasteiger partial charge is 0.0651 e. The molecule has 0 spiro atoms. The minimum atomic E-state index is 0.601. The summed E-state index contributed by atoms with van der Waals surface area (Å²) in [5, 5.41) is 12.4. The van der Waals surface area contributed by atoms with Gasteiger partial charge in [-0.25, -0.2) is 0 Å². The van der Waals surface area contributed by atoms with Gasteiger partial charge in [-0.2, -0.15) is 5.10 Å². The van der Waals surface area contributed by atoms with Crippen molar-refractivity contribution in [3.63, 3.8) is 0 Å². The highest BCUT2D eigenvalue weighted by Crippen LogP contribution is 2.36. The lowest BCUT2D eigenvalue weighted by atomic mass is 9.76. The molecule has 2 N–H and O–H groups in total. The molecule has 2 aromatic rings. The Bertz CT molecular complexity index is 754. The fourth-order valence-corrected chi connectivity index (χ4v) is 5.85. The van der Waals surface area contributed by atoms with E-state index in [9.17, 15) is 0 Å². The molecule has 3 atom stereocenters. The van der Waals surface area contributed by atoms with E-state index < -0.39 is 0 Å².